The zero-order valence-electron chi connectivity index (χ0n) is 12.3. The summed E-state index contributed by atoms with van der Waals surface area (Å²) in [6, 6.07) is 6.05. The number of halogens is 1. The van der Waals surface area contributed by atoms with E-state index in [-0.39, 0.29) is 11.7 Å². The van der Waals surface area contributed by atoms with E-state index in [0.29, 0.717) is 39.3 Å². The lowest BCUT2D eigenvalue weighted by molar-refractivity contribution is -0.111. The van der Waals surface area contributed by atoms with Crippen molar-refractivity contribution in [3.63, 3.8) is 0 Å². The van der Waals surface area contributed by atoms with Crippen molar-refractivity contribution in [2.24, 2.45) is 0 Å². The fraction of sp³-hybridized carbons (Fsp3) is 0. The van der Waals surface area contributed by atoms with Gasteiger partial charge in [-0.15, -0.1) is 0 Å². The predicted molar refractivity (Wildman–Crippen MR) is 87.8 cm³/mol. The van der Waals surface area contributed by atoms with Crippen LogP contribution in [-0.2, 0) is 4.79 Å². The number of carbonyl (C=O) groups excluding carboxylic acids is 1. The molecule has 1 aromatic carbocycles. The maximum Gasteiger partial charge on any atom is 0.247 e. The zero-order valence-corrected chi connectivity index (χ0v) is 12.3. The summed E-state index contributed by atoms with van der Waals surface area (Å²) in [5, 5.41) is 10.3. The highest BCUT2D eigenvalue weighted by atomic mass is 19.1. The zero-order chi connectivity index (χ0) is 16.7. The Labute approximate surface area is 134 Å². The summed E-state index contributed by atoms with van der Waals surface area (Å²) in [5.74, 6) is -0.171. The molecular weight excluding hydrogens is 311 g/mol. The smallest absolute Gasteiger partial charge is 0.247 e. The number of amides is 1. The van der Waals surface area contributed by atoms with Crippen molar-refractivity contribution in [3.05, 3.63) is 48.9 Å². The van der Waals surface area contributed by atoms with Gasteiger partial charge in [-0.25, -0.2) is 14.4 Å². The highest BCUT2D eigenvalue weighted by Crippen LogP contribution is 2.27. The average molecular weight is 322 g/mol. The average Bonchev–Trinajstić information content (AvgIpc) is 3.17. The number of hydrogen-bond donors (Lipinski definition) is 3. The van der Waals surface area contributed by atoms with Crippen LogP contribution in [0.5, 0.6) is 0 Å². The van der Waals surface area contributed by atoms with Crippen molar-refractivity contribution in [1.29, 1.82) is 0 Å². The number of pyridine rings is 1. The van der Waals surface area contributed by atoms with Crippen LogP contribution in [-0.4, -0.2) is 31.1 Å². The molecular formula is C16H11FN6O. The van der Waals surface area contributed by atoms with E-state index >= 15 is 0 Å². The Hall–Kier alpha value is -3.55. The minimum atomic E-state index is -0.344. The number of H-pyrrole nitrogens is 2. The second-order valence-corrected chi connectivity index (χ2v) is 5.13. The number of aromatic nitrogens is 5. The van der Waals surface area contributed by atoms with Crippen LogP contribution in [0.25, 0.3) is 33.6 Å². The molecule has 118 valence electrons. The van der Waals surface area contributed by atoms with Crippen LogP contribution >= 0.6 is 0 Å². The quantitative estimate of drug-likeness (QED) is 0.505. The molecule has 3 N–H and O–H groups in total. The Morgan fingerprint density at radius 2 is 2.21 bits per heavy atom. The first kappa shape index (κ1) is 14.1. The van der Waals surface area contributed by atoms with E-state index in [4.69, 9.17) is 0 Å². The number of aromatic amines is 2. The normalized spacial score (nSPS) is 11.0. The van der Waals surface area contributed by atoms with Crippen LogP contribution in [0.2, 0.25) is 0 Å². The molecule has 24 heavy (non-hydrogen) atoms. The predicted octanol–water partition coefficient (Wildman–Crippen LogP) is 2.76. The van der Waals surface area contributed by atoms with E-state index in [1.807, 2.05) is 0 Å². The van der Waals surface area contributed by atoms with Gasteiger partial charge in [0.2, 0.25) is 5.91 Å². The van der Waals surface area contributed by atoms with Gasteiger partial charge in [-0.2, -0.15) is 5.10 Å². The Kier molecular flexibility index (Phi) is 3.09. The van der Waals surface area contributed by atoms with Gasteiger partial charge < -0.3 is 10.3 Å². The number of imidazole rings is 1. The summed E-state index contributed by atoms with van der Waals surface area (Å²) in [6.45, 7) is 3.41. The lowest BCUT2D eigenvalue weighted by atomic mass is 10.2. The number of benzene rings is 1. The summed E-state index contributed by atoms with van der Waals surface area (Å²) >= 11 is 0. The molecule has 1 amide bonds. The van der Waals surface area contributed by atoms with E-state index < -0.39 is 0 Å². The molecule has 0 fully saturated rings. The molecule has 3 heterocycles. The number of nitrogens with one attached hydrogen (secondary N) is 3. The Morgan fingerprint density at radius 3 is 3.04 bits per heavy atom. The van der Waals surface area contributed by atoms with Gasteiger partial charge in [0.25, 0.3) is 0 Å². The van der Waals surface area contributed by atoms with Crippen LogP contribution in [0.3, 0.4) is 0 Å². The molecule has 8 heteroatoms. The van der Waals surface area contributed by atoms with Gasteiger partial charge in [-0.1, -0.05) is 6.58 Å². The summed E-state index contributed by atoms with van der Waals surface area (Å²) in [4.78, 5) is 23.1. The molecule has 0 aliphatic heterocycles. The monoisotopic (exact) mass is 322 g/mol. The number of carbonyl (C=O) groups is 1. The van der Waals surface area contributed by atoms with E-state index in [2.05, 4.69) is 37.0 Å². The van der Waals surface area contributed by atoms with Crippen molar-refractivity contribution in [2.45, 2.75) is 0 Å². The van der Waals surface area contributed by atoms with Crippen molar-refractivity contribution >= 4 is 33.7 Å². The van der Waals surface area contributed by atoms with Gasteiger partial charge in [0.15, 0.2) is 11.5 Å². The van der Waals surface area contributed by atoms with Gasteiger partial charge in [0.05, 0.1) is 28.3 Å². The number of rotatable bonds is 3. The first-order valence-electron chi connectivity index (χ1n) is 7.07. The molecule has 7 nitrogen and oxygen atoms in total. The van der Waals surface area contributed by atoms with Gasteiger partial charge in [-0.3, -0.25) is 9.89 Å². The Balaban J connectivity index is 1.83. The van der Waals surface area contributed by atoms with Crippen LogP contribution in [0, 0.1) is 5.82 Å². The maximum absolute atomic E-state index is 13.3. The highest BCUT2D eigenvalue weighted by molar-refractivity contribution is 6.01. The summed E-state index contributed by atoms with van der Waals surface area (Å²) in [7, 11) is 0. The van der Waals surface area contributed by atoms with Crippen LogP contribution < -0.4 is 5.32 Å². The summed E-state index contributed by atoms with van der Waals surface area (Å²) in [5.41, 5.74) is 2.81. The number of nitrogens with zero attached hydrogens (tertiary/aromatic N) is 3. The van der Waals surface area contributed by atoms with Gasteiger partial charge in [0.1, 0.15) is 11.5 Å². The van der Waals surface area contributed by atoms with Crippen molar-refractivity contribution < 1.29 is 9.18 Å². The Bertz CT molecular complexity index is 1100. The third-order valence-electron chi connectivity index (χ3n) is 3.54. The van der Waals surface area contributed by atoms with Gasteiger partial charge in [-0.05, 0) is 30.3 Å². The highest BCUT2D eigenvalue weighted by Gasteiger charge is 2.14. The van der Waals surface area contributed by atoms with E-state index in [9.17, 15) is 9.18 Å². The fourth-order valence-corrected chi connectivity index (χ4v) is 2.44. The molecule has 0 bridgehead atoms. The topological polar surface area (TPSA) is 99.3 Å². The van der Waals surface area contributed by atoms with Crippen LogP contribution in [0.4, 0.5) is 10.1 Å². The SMILES string of the molecule is C=CC(=O)Nc1cnc2n[nH]c(-c3nc4ccc(F)cc4[nH]3)c2c1. The number of hydrogen-bond acceptors (Lipinski definition) is 4. The van der Waals surface area contributed by atoms with Crippen LogP contribution in [0.15, 0.2) is 43.1 Å². The standard InChI is InChI=1S/C16H11FN6O/c1-2-13(24)19-9-6-10-14(22-23-15(10)18-7-9)16-20-11-4-3-8(17)5-12(11)21-16/h2-7H,1H2,(H,19,24)(H,20,21)(H,18,22,23). The maximum atomic E-state index is 13.3. The first-order valence-corrected chi connectivity index (χ1v) is 7.07. The molecule has 3 aromatic heterocycles. The minimum Gasteiger partial charge on any atom is -0.337 e. The summed E-state index contributed by atoms with van der Waals surface area (Å²) < 4.78 is 13.3. The molecule has 0 radical (unpaired) electrons. The molecule has 0 saturated heterocycles. The first-order chi connectivity index (χ1) is 11.6. The lowest BCUT2D eigenvalue weighted by Gasteiger charge is -2.01. The third kappa shape index (κ3) is 2.30. The number of anilines is 1. The molecule has 4 rings (SSSR count). The van der Waals surface area contributed by atoms with E-state index in [1.54, 1.807) is 12.1 Å². The van der Waals surface area contributed by atoms with Gasteiger partial charge >= 0.3 is 0 Å². The molecule has 0 unspecified atom stereocenters. The van der Waals surface area contributed by atoms with Crippen molar-refractivity contribution in [1.82, 2.24) is 25.1 Å². The molecule has 0 spiro atoms. The minimum absolute atomic E-state index is 0.333. The van der Waals surface area contributed by atoms with Gasteiger partial charge in [0, 0.05) is 0 Å². The lowest BCUT2D eigenvalue weighted by Crippen LogP contribution is -2.07. The second-order valence-electron chi connectivity index (χ2n) is 5.13. The largest absolute Gasteiger partial charge is 0.337 e. The second kappa shape index (κ2) is 5.27. The fourth-order valence-electron chi connectivity index (χ4n) is 2.44. The van der Waals surface area contributed by atoms with E-state index in [0.717, 1.165) is 0 Å². The Morgan fingerprint density at radius 1 is 1.33 bits per heavy atom. The van der Waals surface area contributed by atoms with Crippen LogP contribution in [0.1, 0.15) is 0 Å². The molecule has 0 atom stereocenters. The summed E-state index contributed by atoms with van der Waals surface area (Å²) in [6.07, 6.45) is 2.68. The molecule has 0 aliphatic carbocycles. The molecule has 0 saturated carbocycles. The number of fused-ring (bicyclic) bond motifs is 2. The third-order valence-corrected chi connectivity index (χ3v) is 3.54. The van der Waals surface area contributed by atoms with E-state index in [1.165, 1.54) is 24.4 Å². The molecule has 0 aliphatic rings. The van der Waals surface area contributed by atoms with Crippen molar-refractivity contribution in [3.8, 4) is 11.5 Å². The van der Waals surface area contributed by atoms with Crippen molar-refractivity contribution in [2.75, 3.05) is 5.32 Å². The molecule has 4 aromatic rings.